The average Bonchev–Trinajstić information content (AvgIpc) is 3.08. The lowest BCUT2D eigenvalue weighted by Crippen LogP contribution is -2.14. The fourth-order valence-electron chi connectivity index (χ4n) is 1.95. The van der Waals surface area contributed by atoms with Crippen LogP contribution in [0.15, 0.2) is 18.2 Å². The number of rotatable bonds is 5. The summed E-state index contributed by atoms with van der Waals surface area (Å²) in [4.78, 5) is 11.1. The summed E-state index contributed by atoms with van der Waals surface area (Å²) in [7, 11) is 0. The summed E-state index contributed by atoms with van der Waals surface area (Å²) in [5.74, 6) is -0.562. The van der Waals surface area contributed by atoms with E-state index in [0.717, 1.165) is 18.4 Å². The van der Waals surface area contributed by atoms with Crippen LogP contribution in [0.4, 0.5) is 0 Å². The number of hydrogen-bond acceptors (Lipinski definition) is 3. The number of carbonyl (C=O) groups is 1. The van der Waals surface area contributed by atoms with Crippen LogP contribution in [0.5, 0.6) is 5.75 Å². The number of nitriles is 1. The van der Waals surface area contributed by atoms with Crippen LogP contribution in [0.3, 0.4) is 0 Å². The minimum absolute atomic E-state index is 0.0488. The van der Waals surface area contributed by atoms with Crippen molar-refractivity contribution in [3.05, 3.63) is 29.3 Å². The normalized spacial score (nSPS) is 15.8. The van der Waals surface area contributed by atoms with Crippen molar-refractivity contribution in [1.82, 2.24) is 0 Å². The van der Waals surface area contributed by atoms with Gasteiger partial charge in [0.1, 0.15) is 11.3 Å². The molecule has 0 aromatic heterocycles. The third kappa shape index (κ3) is 2.45. The van der Waals surface area contributed by atoms with Crippen LogP contribution in [0, 0.1) is 23.7 Å². The summed E-state index contributed by atoms with van der Waals surface area (Å²) in [5, 5.41) is 17.8. The number of carboxylic acids is 1. The van der Waals surface area contributed by atoms with Crippen molar-refractivity contribution in [2.75, 3.05) is 6.61 Å². The number of carboxylic acid groups (broad SMARTS) is 1. The summed E-state index contributed by atoms with van der Waals surface area (Å²) in [5.41, 5.74) is 0.942. The molecule has 1 fully saturated rings. The molecular weight excluding hydrogens is 230 g/mol. The predicted molar refractivity (Wildman–Crippen MR) is 65.5 cm³/mol. The topological polar surface area (TPSA) is 70.3 Å². The number of benzene rings is 1. The second-order valence-corrected chi connectivity index (χ2v) is 4.88. The lowest BCUT2D eigenvalue weighted by atomic mass is 10.0. The molecule has 0 atom stereocenters. The summed E-state index contributed by atoms with van der Waals surface area (Å²) in [6.07, 6.45) is 2.44. The Hall–Kier alpha value is -2.02. The van der Waals surface area contributed by atoms with Gasteiger partial charge in [-0.1, -0.05) is 12.1 Å². The summed E-state index contributed by atoms with van der Waals surface area (Å²) in [6, 6.07) is 7.23. The third-order valence-electron chi connectivity index (χ3n) is 3.38. The SMILES string of the molecule is Cc1cccc(C(=O)O)c1OCC1(CC#N)CC1. The Morgan fingerprint density at radius 1 is 1.56 bits per heavy atom. The molecule has 4 nitrogen and oxygen atoms in total. The van der Waals surface area contributed by atoms with Crippen molar-refractivity contribution in [3.63, 3.8) is 0 Å². The van der Waals surface area contributed by atoms with E-state index in [1.165, 1.54) is 6.07 Å². The van der Waals surface area contributed by atoms with E-state index in [-0.39, 0.29) is 11.0 Å². The molecule has 1 saturated carbocycles. The monoisotopic (exact) mass is 245 g/mol. The standard InChI is InChI=1S/C14H15NO3/c1-10-3-2-4-11(13(16)17)12(10)18-9-14(5-6-14)7-8-15/h2-4H,5-7,9H2,1H3,(H,16,17). The molecule has 0 spiro atoms. The van der Waals surface area contributed by atoms with E-state index < -0.39 is 5.97 Å². The molecule has 0 bridgehead atoms. The number of hydrogen-bond donors (Lipinski definition) is 1. The zero-order valence-corrected chi connectivity index (χ0v) is 10.3. The van der Waals surface area contributed by atoms with Crippen molar-refractivity contribution in [2.24, 2.45) is 5.41 Å². The number of aryl methyl sites for hydroxylation is 1. The molecule has 0 heterocycles. The first-order valence-corrected chi connectivity index (χ1v) is 5.91. The van der Waals surface area contributed by atoms with Crippen LogP contribution in [-0.2, 0) is 0 Å². The van der Waals surface area contributed by atoms with Gasteiger partial charge >= 0.3 is 5.97 Å². The highest BCUT2D eigenvalue weighted by molar-refractivity contribution is 5.91. The third-order valence-corrected chi connectivity index (χ3v) is 3.38. The second kappa shape index (κ2) is 4.69. The highest BCUT2D eigenvalue weighted by atomic mass is 16.5. The number of nitrogens with zero attached hydrogens (tertiary/aromatic N) is 1. The summed E-state index contributed by atoms with van der Waals surface area (Å²) >= 11 is 0. The quantitative estimate of drug-likeness (QED) is 0.865. The van der Waals surface area contributed by atoms with Gasteiger partial charge in [0.05, 0.1) is 12.7 Å². The molecule has 0 unspecified atom stereocenters. The molecule has 1 N–H and O–H groups in total. The lowest BCUT2D eigenvalue weighted by molar-refractivity contribution is 0.0690. The van der Waals surface area contributed by atoms with Gasteiger partial charge in [-0.05, 0) is 31.4 Å². The first-order valence-electron chi connectivity index (χ1n) is 5.91. The zero-order valence-electron chi connectivity index (χ0n) is 10.3. The van der Waals surface area contributed by atoms with E-state index >= 15 is 0 Å². The molecule has 0 aliphatic heterocycles. The number of aromatic carboxylic acids is 1. The molecule has 1 aliphatic rings. The molecule has 1 aliphatic carbocycles. The van der Waals surface area contributed by atoms with Crippen molar-refractivity contribution in [3.8, 4) is 11.8 Å². The van der Waals surface area contributed by atoms with Gasteiger partial charge < -0.3 is 9.84 Å². The zero-order chi connectivity index (χ0) is 13.2. The van der Waals surface area contributed by atoms with E-state index in [0.29, 0.717) is 18.8 Å². The van der Waals surface area contributed by atoms with E-state index in [4.69, 9.17) is 15.1 Å². The average molecular weight is 245 g/mol. The van der Waals surface area contributed by atoms with Gasteiger partial charge in [-0.15, -0.1) is 0 Å². The molecule has 2 rings (SSSR count). The van der Waals surface area contributed by atoms with Crippen LogP contribution in [0.1, 0.15) is 35.2 Å². The Labute approximate surface area is 106 Å². The Kier molecular flexibility index (Phi) is 3.24. The van der Waals surface area contributed by atoms with E-state index in [9.17, 15) is 4.79 Å². The van der Waals surface area contributed by atoms with E-state index in [2.05, 4.69) is 6.07 Å². The number of ether oxygens (including phenoxy) is 1. The van der Waals surface area contributed by atoms with Gasteiger partial charge in [0.15, 0.2) is 0 Å². The second-order valence-electron chi connectivity index (χ2n) is 4.88. The van der Waals surface area contributed by atoms with Crippen LogP contribution >= 0.6 is 0 Å². The Bertz CT molecular complexity index is 512. The van der Waals surface area contributed by atoms with Gasteiger partial charge in [0.25, 0.3) is 0 Å². The van der Waals surface area contributed by atoms with Gasteiger partial charge in [-0.25, -0.2) is 4.79 Å². The molecular formula is C14H15NO3. The van der Waals surface area contributed by atoms with Crippen molar-refractivity contribution >= 4 is 5.97 Å². The lowest BCUT2D eigenvalue weighted by Gasteiger charge is -2.16. The van der Waals surface area contributed by atoms with Crippen molar-refractivity contribution < 1.29 is 14.6 Å². The minimum atomic E-state index is -0.987. The molecule has 1 aromatic carbocycles. The first kappa shape index (κ1) is 12.4. The minimum Gasteiger partial charge on any atom is -0.492 e. The van der Waals surface area contributed by atoms with Crippen LogP contribution in [0.2, 0.25) is 0 Å². The molecule has 0 radical (unpaired) electrons. The van der Waals surface area contributed by atoms with Gasteiger partial charge in [0, 0.05) is 11.8 Å². The Morgan fingerprint density at radius 2 is 2.28 bits per heavy atom. The molecule has 18 heavy (non-hydrogen) atoms. The molecule has 0 amide bonds. The molecule has 0 saturated heterocycles. The maximum atomic E-state index is 11.1. The van der Waals surface area contributed by atoms with Crippen LogP contribution in [-0.4, -0.2) is 17.7 Å². The highest BCUT2D eigenvalue weighted by Crippen LogP contribution is 2.49. The van der Waals surface area contributed by atoms with Crippen LogP contribution in [0.25, 0.3) is 0 Å². The van der Waals surface area contributed by atoms with Gasteiger partial charge in [0.2, 0.25) is 0 Å². The highest BCUT2D eigenvalue weighted by Gasteiger charge is 2.43. The van der Waals surface area contributed by atoms with Crippen molar-refractivity contribution in [2.45, 2.75) is 26.2 Å². The Morgan fingerprint density at radius 3 is 2.83 bits per heavy atom. The largest absolute Gasteiger partial charge is 0.492 e. The van der Waals surface area contributed by atoms with E-state index in [1.807, 2.05) is 13.0 Å². The molecule has 1 aromatic rings. The summed E-state index contributed by atoms with van der Waals surface area (Å²) < 4.78 is 5.68. The fourth-order valence-corrected chi connectivity index (χ4v) is 1.95. The number of para-hydroxylation sites is 1. The van der Waals surface area contributed by atoms with Crippen molar-refractivity contribution in [1.29, 1.82) is 5.26 Å². The fraction of sp³-hybridized carbons (Fsp3) is 0.429. The van der Waals surface area contributed by atoms with Crippen LogP contribution < -0.4 is 4.74 Å². The smallest absolute Gasteiger partial charge is 0.339 e. The first-order chi connectivity index (χ1) is 8.58. The maximum absolute atomic E-state index is 11.1. The summed E-state index contributed by atoms with van der Waals surface area (Å²) in [6.45, 7) is 2.25. The Balaban J connectivity index is 2.14. The van der Waals surface area contributed by atoms with E-state index in [1.54, 1.807) is 6.07 Å². The van der Waals surface area contributed by atoms with Gasteiger partial charge in [-0.3, -0.25) is 0 Å². The molecule has 94 valence electrons. The molecule has 4 heteroatoms. The van der Waals surface area contributed by atoms with Gasteiger partial charge in [-0.2, -0.15) is 5.26 Å². The maximum Gasteiger partial charge on any atom is 0.339 e. The predicted octanol–water partition coefficient (Wildman–Crippen LogP) is 2.77.